The third kappa shape index (κ3) is 2.76. The van der Waals surface area contributed by atoms with Crippen molar-refractivity contribution in [1.82, 2.24) is 4.90 Å². The molecule has 0 aliphatic carbocycles. The maximum Gasteiger partial charge on any atom is 0.0309 e. The Morgan fingerprint density at radius 2 is 1.94 bits per heavy atom. The molecule has 2 N–H and O–H groups in total. The van der Waals surface area contributed by atoms with Gasteiger partial charge in [0.25, 0.3) is 0 Å². The van der Waals surface area contributed by atoms with E-state index in [9.17, 15) is 0 Å². The van der Waals surface area contributed by atoms with Gasteiger partial charge in [0, 0.05) is 25.2 Å². The lowest BCUT2D eigenvalue weighted by Gasteiger charge is -2.44. The number of benzene rings is 1. The van der Waals surface area contributed by atoms with Gasteiger partial charge in [-0.3, -0.25) is 4.90 Å². The Kier molecular flexibility index (Phi) is 4.08. The number of rotatable bonds is 4. The van der Waals surface area contributed by atoms with Crippen molar-refractivity contribution in [3.8, 4) is 0 Å². The highest BCUT2D eigenvalue weighted by Crippen LogP contribution is 2.29. The summed E-state index contributed by atoms with van der Waals surface area (Å²) in [7, 11) is 0. The van der Waals surface area contributed by atoms with Crippen molar-refractivity contribution in [2.75, 3.05) is 13.1 Å². The third-order valence-electron chi connectivity index (χ3n) is 4.18. The van der Waals surface area contributed by atoms with E-state index in [-0.39, 0.29) is 5.54 Å². The standard InChI is InChI=1S/C16H26N2/c1-13(2)10-16(3,12-17)18-9-8-14-6-4-5-7-15(14)11-18/h4-7,13H,8-12,17H2,1-3H3. The molecule has 100 valence electrons. The molecule has 1 unspecified atom stereocenters. The molecule has 0 amide bonds. The summed E-state index contributed by atoms with van der Waals surface area (Å²) in [5, 5.41) is 0. The van der Waals surface area contributed by atoms with Crippen LogP contribution in [-0.2, 0) is 13.0 Å². The molecule has 1 aliphatic rings. The van der Waals surface area contributed by atoms with Crippen LogP contribution in [0.4, 0.5) is 0 Å². The fraction of sp³-hybridized carbons (Fsp3) is 0.625. The average molecular weight is 246 g/mol. The second kappa shape index (κ2) is 5.41. The van der Waals surface area contributed by atoms with Crippen LogP contribution in [0.5, 0.6) is 0 Å². The molecular weight excluding hydrogens is 220 g/mol. The lowest BCUT2D eigenvalue weighted by Crippen LogP contribution is -2.53. The molecule has 0 spiro atoms. The van der Waals surface area contributed by atoms with Crippen LogP contribution in [0, 0.1) is 5.92 Å². The minimum atomic E-state index is 0.141. The van der Waals surface area contributed by atoms with Gasteiger partial charge in [0.05, 0.1) is 0 Å². The Bertz CT molecular complexity index is 400. The SMILES string of the molecule is CC(C)CC(C)(CN)N1CCc2ccccc2C1. The van der Waals surface area contributed by atoms with E-state index in [1.165, 1.54) is 17.5 Å². The Morgan fingerprint density at radius 1 is 1.28 bits per heavy atom. The maximum atomic E-state index is 6.06. The van der Waals surface area contributed by atoms with Gasteiger partial charge in [0.1, 0.15) is 0 Å². The van der Waals surface area contributed by atoms with E-state index < -0.39 is 0 Å². The van der Waals surface area contributed by atoms with Crippen LogP contribution in [0.3, 0.4) is 0 Å². The largest absolute Gasteiger partial charge is 0.329 e. The van der Waals surface area contributed by atoms with E-state index >= 15 is 0 Å². The summed E-state index contributed by atoms with van der Waals surface area (Å²) < 4.78 is 0. The van der Waals surface area contributed by atoms with Crippen LogP contribution in [0.15, 0.2) is 24.3 Å². The number of hydrogen-bond donors (Lipinski definition) is 1. The topological polar surface area (TPSA) is 29.3 Å². The molecule has 1 aromatic rings. The number of fused-ring (bicyclic) bond motifs is 1. The minimum Gasteiger partial charge on any atom is -0.329 e. The Hall–Kier alpha value is -0.860. The average Bonchev–Trinajstić information content (AvgIpc) is 2.37. The van der Waals surface area contributed by atoms with Gasteiger partial charge >= 0.3 is 0 Å². The van der Waals surface area contributed by atoms with E-state index in [1.807, 2.05) is 0 Å². The van der Waals surface area contributed by atoms with E-state index in [1.54, 1.807) is 0 Å². The van der Waals surface area contributed by atoms with Crippen molar-refractivity contribution in [2.24, 2.45) is 11.7 Å². The van der Waals surface area contributed by atoms with Crippen molar-refractivity contribution in [3.63, 3.8) is 0 Å². The summed E-state index contributed by atoms with van der Waals surface area (Å²) in [6, 6.07) is 8.80. The molecule has 1 aromatic carbocycles. The van der Waals surface area contributed by atoms with Crippen LogP contribution in [0.25, 0.3) is 0 Å². The van der Waals surface area contributed by atoms with Gasteiger partial charge in [-0.1, -0.05) is 38.1 Å². The summed E-state index contributed by atoms with van der Waals surface area (Å²) in [6.07, 6.45) is 2.33. The zero-order valence-corrected chi connectivity index (χ0v) is 11.9. The first kappa shape index (κ1) is 13.6. The van der Waals surface area contributed by atoms with Crippen molar-refractivity contribution in [3.05, 3.63) is 35.4 Å². The first-order chi connectivity index (χ1) is 8.55. The highest BCUT2D eigenvalue weighted by atomic mass is 15.2. The van der Waals surface area contributed by atoms with Gasteiger partial charge in [-0.15, -0.1) is 0 Å². The van der Waals surface area contributed by atoms with E-state index in [4.69, 9.17) is 5.73 Å². The van der Waals surface area contributed by atoms with E-state index in [0.29, 0.717) is 5.92 Å². The molecular formula is C16H26N2. The van der Waals surface area contributed by atoms with Crippen LogP contribution < -0.4 is 5.73 Å². The van der Waals surface area contributed by atoms with Crippen molar-refractivity contribution < 1.29 is 0 Å². The summed E-state index contributed by atoms with van der Waals surface area (Å²) >= 11 is 0. The smallest absolute Gasteiger partial charge is 0.0309 e. The summed E-state index contributed by atoms with van der Waals surface area (Å²) in [5.41, 5.74) is 9.20. The summed E-state index contributed by atoms with van der Waals surface area (Å²) in [5.74, 6) is 0.690. The predicted molar refractivity (Wildman–Crippen MR) is 77.5 cm³/mol. The molecule has 18 heavy (non-hydrogen) atoms. The minimum absolute atomic E-state index is 0.141. The predicted octanol–water partition coefficient (Wildman–Crippen LogP) is 2.81. The maximum absolute atomic E-state index is 6.06. The first-order valence-electron chi connectivity index (χ1n) is 7.07. The van der Waals surface area contributed by atoms with Crippen LogP contribution in [0.2, 0.25) is 0 Å². The van der Waals surface area contributed by atoms with Gasteiger partial charge < -0.3 is 5.73 Å². The first-order valence-corrected chi connectivity index (χ1v) is 7.07. The fourth-order valence-electron chi connectivity index (χ4n) is 3.18. The molecule has 0 bridgehead atoms. The molecule has 0 aromatic heterocycles. The zero-order chi connectivity index (χ0) is 13.2. The summed E-state index contributed by atoms with van der Waals surface area (Å²) in [4.78, 5) is 2.58. The molecule has 2 rings (SSSR count). The molecule has 1 heterocycles. The number of hydrogen-bond acceptors (Lipinski definition) is 2. The quantitative estimate of drug-likeness (QED) is 0.885. The second-order valence-corrected chi connectivity index (χ2v) is 6.24. The second-order valence-electron chi connectivity index (χ2n) is 6.24. The molecule has 1 aliphatic heterocycles. The molecule has 0 saturated heterocycles. The van der Waals surface area contributed by atoms with Gasteiger partial charge in [-0.25, -0.2) is 0 Å². The van der Waals surface area contributed by atoms with Crippen molar-refractivity contribution in [2.45, 2.75) is 45.7 Å². The Morgan fingerprint density at radius 3 is 2.56 bits per heavy atom. The van der Waals surface area contributed by atoms with Crippen LogP contribution in [-0.4, -0.2) is 23.5 Å². The number of nitrogens with zero attached hydrogens (tertiary/aromatic N) is 1. The highest BCUT2D eigenvalue weighted by Gasteiger charge is 2.33. The third-order valence-corrected chi connectivity index (χ3v) is 4.18. The monoisotopic (exact) mass is 246 g/mol. The van der Waals surface area contributed by atoms with E-state index in [0.717, 1.165) is 26.1 Å². The van der Waals surface area contributed by atoms with Crippen LogP contribution >= 0.6 is 0 Å². The molecule has 0 radical (unpaired) electrons. The van der Waals surface area contributed by atoms with Crippen molar-refractivity contribution in [1.29, 1.82) is 0 Å². The van der Waals surface area contributed by atoms with Gasteiger partial charge in [0.2, 0.25) is 0 Å². The van der Waals surface area contributed by atoms with Crippen LogP contribution in [0.1, 0.15) is 38.3 Å². The Balaban J connectivity index is 2.16. The molecule has 2 heteroatoms. The zero-order valence-electron chi connectivity index (χ0n) is 11.9. The fourth-order valence-corrected chi connectivity index (χ4v) is 3.18. The highest BCUT2D eigenvalue weighted by molar-refractivity contribution is 5.29. The molecule has 0 saturated carbocycles. The summed E-state index contributed by atoms with van der Waals surface area (Å²) in [6.45, 7) is 9.82. The molecule has 2 nitrogen and oxygen atoms in total. The lowest BCUT2D eigenvalue weighted by molar-refractivity contribution is 0.0752. The lowest BCUT2D eigenvalue weighted by atomic mass is 9.86. The normalized spacial score (nSPS) is 19.6. The molecule has 0 fully saturated rings. The number of nitrogens with two attached hydrogens (primary N) is 1. The van der Waals surface area contributed by atoms with Crippen molar-refractivity contribution >= 4 is 0 Å². The van der Waals surface area contributed by atoms with Gasteiger partial charge in [0.15, 0.2) is 0 Å². The van der Waals surface area contributed by atoms with Gasteiger partial charge in [-0.2, -0.15) is 0 Å². The van der Waals surface area contributed by atoms with Gasteiger partial charge in [-0.05, 0) is 36.8 Å². The van der Waals surface area contributed by atoms with E-state index in [2.05, 4.69) is 49.9 Å². The molecule has 1 atom stereocenters. The Labute approximate surface area is 111 Å².